The van der Waals surface area contributed by atoms with Crippen molar-refractivity contribution in [2.45, 2.75) is 47.0 Å². The molecular formula is C14H22N2O4. The highest BCUT2D eigenvalue weighted by molar-refractivity contribution is 5.96. The summed E-state index contributed by atoms with van der Waals surface area (Å²) in [7, 11) is 0. The van der Waals surface area contributed by atoms with Crippen LogP contribution in [0.1, 0.15) is 61.8 Å². The molecule has 1 rings (SSSR count). The summed E-state index contributed by atoms with van der Waals surface area (Å²) < 4.78 is 5.16. The van der Waals surface area contributed by atoms with Crippen LogP contribution >= 0.6 is 0 Å². The Morgan fingerprint density at radius 1 is 1.45 bits per heavy atom. The van der Waals surface area contributed by atoms with Crippen molar-refractivity contribution in [3.8, 4) is 0 Å². The topological polar surface area (TPSA) is 92.4 Å². The fraction of sp³-hybridized carbons (Fsp3) is 0.643. The number of nitrogens with one attached hydrogen (secondary N) is 1. The highest BCUT2D eigenvalue weighted by Gasteiger charge is 2.32. The fourth-order valence-corrected chi connectivity index (χ4v) is 1.77. The Bertz CT molecular complexity index is 507. The van der Waals surface area contributed by atoms with Crippen molar-refractivity contribution in [2.24, 2.45) is 5.41 Å². The van der Waals surface area contributed by atoms with Crippen LogP contribution in [0.15, 0.2) is 4.52 Å². The second-order valence-corrected chi connectivity index (χ2v) is 5.56. The third kappa shape index (κ3) is 3.18. The van der Waals surface area contributed by atoms with Crippen LogP contribution in [0.4, 0.5) is 0 Å². The van der Waals surface area contributed by atoms with E-state index >= 15 is 0 Å². The average Bonchev–Trinajstić information content (AvgIpc) is 2.77. The molecule has 1 unspecified atom stereocenters. The van der Waals surface area contributed by atoms with E-state index in [4.69, 9.17) is 4.52 Å². The number of hydrogen-bond donors (Lipinski definition) is 2. The van der Waals surface area contributed by atoms with E-state index in [1.54, 1.807) is 20.8 Å². The quantitative estimate of drug-likeness (QED) is 0.835. The first-order valence-corrected chi connectivity index (χ1v) is 6.70. The monoisotopic (exact) mass is 282 g/mol. The summed E-state index contributed by atoms with van der Waals surface area (Å²) >= 11 is 0. The summed E-state index contributed by atoms with van der Waals surface area (Å²) in [6, 6.07) is 0. The lowest BCUT2D eigenvalue weighted by Gasteiger charge is -2.23. The SMILES string of the molecule is CCC(C)(CNC(=O)c1c(C)noc1C(C)C)C(=O)O. The molecular weight excluding hydrogens is 260 g/mol. The van der Waals surface area contributed by atoms with E-state index in [0.29, 0.717) is 23.4 Å². The molecule has 0 bridgehead atoms. The van der Waals surface area contributed by atoms with Gasteiger partial charge in [0.2, 0.25) is 0 Å². The number of amides is 1. The Hall–Kier alpha value is -1.85. The van der Waals surface area contributed by atoms with E-state index in [-0.39, 0.29) is 18.4 Å². The minimum absolute atomic E-state index is 0.0361. The van der Waals surface area contributed by atoms with Gasteiger partial charge >= 0.3 is 5.97 Å². The zero-order valence-corrected chi connectivity index (χ0v) is 12.6. The molecule has 1 aromatic rings. The standard InChI is InChI=1S/C14H22N2O4/c1-6-14(5,13(18)19)7-15-12(17)10-9(4)16-20-11(10)8(2)3/h8H,6-7H2,1-5H3,(H,15,17)(H,18,19). The Morgan fingerprint density at radius 2 is 2.05 bits per heavy atom. The second-order valence-electron chi connectivity index (χ2n) is 5.56. The molecule has 0 spiro atoms. The van der Waals surface area contributed by atoms with Gasteiger partial charge in [-0.3, -0.25) is 9.59 Å². The Kier molecular flexibility index (Phi) is 4.92. The van der Waals surface area contributed by atoms with Crippen molar-refractivity contribution >= 4 is 11.9 Å². The summed E-state index contributed by atoms with van der Waals surface area (Å²) in [5.41, 5.74) is -0.0535. The average molecular weight is 282 g/mol. The van der Waals surface area contributed by atoms with Gasteiger partial charge in [-0.15, -0.1) is 0 Å². The number of aryl methyl sites for hydroxylation is 1. The number of carboxylic acids is 1. The predicted octanol–water partition coefficient (Wildman–Crippen LogP) is 2.34. The first-order chi connectivity index (χ1) is 9.23. The van der Waals surface area contributed by atoms with Crippen LogP contribution < -0.4 is 5.32 Å². The van der Waals surface area contributed by atoms with Crippen LogP contribution in [0.3, 0.4) is 0 Å². The lowest BCUT2D eigenvalue weighted by Crippen LogP contribution is -2.40. The van der Waals surface area contributed by atoms with Crippen molar-refractivity contribution in [3.63, 3.8) is 0 Å². The smallest absolute Gasteiger partial charge is 0.311 e. The van der Waals surface area contributed by atoms with Gasteiger partial charge in [-0.2, -0.15) is 0 Å². The third-order valence-electron chi connectivity index (χ3n) is 3.58. The van der Waals surface area contributed by atoms with Crippen molar-refractivity contribution < 1.29 is 19.2 Å². The van der Waals surface area contributed by atoms with Gasteiger partial charge in [0.05, 0.1) is 11.1 Å². The molecule has 0 aliphatic carbocycles. The maximum absolute atomic E-state index is 12.2. The minimum atomic E-state index is -0.973. The highest BCUT2D eigenvalue weighted by atomic mass is 16.5. The van der Waals surface area contributed by atoms with Crippen molar-refractivity contribution in [2.75, 3.05) is 6.54 Å². The van der Waals surface area contributed by atoms with E-state index < -0.39 is 11.4 Å². The lowest BCUT2D eigenvalue weighted by atomic mass is 9.87. The van der Waals surface area contributed by atoms with Crippen LogP contribution in [-0.4, -0.2) is 28.7 Å². The number of aliphatic carboxylic acids is 1. The zero-order chi connectivity index (χ0) is 15.5. The molecule has 0 fully saturated rings. The Balaban J connectivity index is 2.88. The van der Waals surface area contributed by atoms with Gasteiger partial charge in [-0.05, 0) is 20.3 Å². The summed E-state index contributed by atoms with van der Waals surface area (Å²) in [5, 5.41) is 15.7. The fourth-order valence-electron chi connectivity index (χ4n) is 1.77. The molecule has 1 atom stereocenters. The van der Waals surface area contributed by atoms with Crippen LogP contribution in [-0.2, 0) is 4.79 Å². The third-order valence-corrected chi connectivity index (χ3v) is 3.58. The lowest BCUT2D eigenvalue weighted by molar-refractivity contribution is -0.147. The zero-order valence-electron chi connectivity index (χ0n) is 12.6. The number of carbonyl (C=O) groups is 2. The molecule has 112 valence electrons. The van der Waals surface area contributed by atoms with Crippen LogP contribution in [0.25, 0.3) is 0 Å². The van der Waals surface area contributed by atoms with Gasteiger partial charge < -0.3 is 14.9 Å². The van der Waals surface area contributed by atoms with Gasteiger partial charge in [0, 0.05) is 12.5 Å². The van der Waals surface area contributed by atoms with E-state index in [9.17, 15) is 14.7 Å². The molecule has 1 aromatic heterocycles. The first kappa shape index (κ1) is 16.2. The van der Waals surface area contributed by atoms with Crippen LogP contribution in [0, 0.1) is 12.3 Å². The molecule has 0 radical (unpaired) electrons. The molecule has 0 aromatic carbocycles. The number of carboxylic acid groups (broad SMARTS) is 1. The van der Waals surface area contributed by atoms with E-state index in [1.165, 1.54) is 0 Å². The maximum Gasteiger partial charge on any atom is 0.311 e. The van der Waals surface area contributed by atoms with Gasteiger partial charge in [0.1, 0.15) is 5.56 Å². The maximum atomic E-state index is 12.2. The summed E-state index contributed by atoms with van der Waals surface area (Å²) in [4.78, 5) is 23.4. The van der Waals surface area contributed by atoms with Crippen LogP contribution in [0.2, 0.25) is 0 Å². The largest absolute Gasteiger partial charge is 0.481 e. The van der Waals surface area contributed by atoms with E-state index in [0.717, 1.165) is 0 Å². The Labute approximate surface area is 118 Å². The minimum Gasteiger partial charge on any atom is -0.481 e. The van der Waals surface area contributed by atoms with E-state index in [1.807, 2.05) is 13.8 Å². The summed E-state index contributed by atoms with van der Waals surface area (Å²) in [5.74, 6) is -0.706. The molecule has 20 heavy (non-hydrogen) atoms. The van der Waals surface area contributed by atoms with Crippen molar-refractivity contribution in [3.05, 3.63) is 17.0 Å². The van der Waals surface area contributed by atoms with Gasteiger partial charge in [0.15, 0.2) is 5.76 Å². The molecule has 0 aliphatic rings. The first-order valence-electron chi connectivity index (χ1n) is 6.70. The molecule has 1 amide bonds. The van der Waals surface area contributed by atoms with Crippen LogP contribution in [0.5, 0.6) is 0 Å². The number of nitrogens with zero attached hydrogens (tertiary/aromatic N) is 1. The van der Waals surface area contributed by atoms with Gasteiger partial charge in [-0.1, -0.05) is 25.9 Å². The molecule has 1 heterocycles. The normalized spacial score (nSPS) is 14.1. The predicted molar refractivity (Wildman–Crippen MR) is 73.7 cm³/mol. The summed E-state index contributed by atoms with van der Waals surface area (Å²) in [6.07, 6.45) is 0.433. The number of hydrogen-bond acceptors (Lipinski definition) is 4. The molecule has 0 saturated carbocycles. The number of carbonyl (C=O) groups excluding carboxylic acids is 1. The van der Waals surface area contributed by atoms with Crippen molar-refractivity contribution in [1.29, 1.82) is 0 Å². The molecule has 6 nitrogen and oxygen atoms in total. The van der Waals surface area contributed by atoms with Gasteiger partial charge in [-0.25, -0.2) is 0 Å². The highest BCUT2D eigenvalue weighted by Crippen LogP contribution is 2.23. The number of rotatable bonds is 6. The molecule has 2 N–H and O–H groups in total. The van der Waals surface area contributed by atoms with E-state index in [2.05, 4.69) is 10.5 Å². The molecule has 0 saturated heterocycles. The summed E-state index contributed by atoms with van der Waals surface area (Å²) in [6.45, 7) is 8.97. The molecule has 0 aliphatic heterocycles. The number of aromatic nitrogens is 1. The van der Waals surface area contributed by atoms with Gasteiger partial charge in [0.25, 0.3) is 5.91 Å². The second kappa shape index (κ2) is 6.07. The van der Waals surface area contributed by atoms with Crippen molar-refractivity contribution in [1.82, 2.24) is 10.5 Å². The molecule has 6 heteroatoms. The Morgan fingerprint density at radius 3 is 2.50 bits per heavy atom.